The highest BCUT2D eigenvalue weighted by atomic mass is 15.2. The summed E-state index contributed by atoms with van der Waals surface area (Å²) < 4.78 is 0. The second-order valence-corrected chi connectivity index (χ2v) is 3.77. The van der Waals surface area contributed by atoms with E-state index in [1.165, 1.54) is 26.2 Å². The van der Waals surface area contributed by atoms with E-state index in [2.05, 4.69) is 31.0 Å². The molecule has 11 heavy (non-hydrogen) atoms. The standard InChI is InChI=1S/C9H20N2/c1-4-11-6-8(2)5-10-9(3)7-11/h8-10H,4-7H2,1-3H3. The summed E-state index contributed by atoms with van der Waals surface area (Å²) >= 11 is 0. The molecule has 1 heterocycles. The van der Waals surface area contributed by atoms with Gasteiger partial charge in [0.05, 0.1) is 0 Å². The molecular weight excluding hydrogens is 136 g/mol. The van der Waals surface area contributed by atoms with Crippen LogP contribution in [0.2, 0.25) is 0 Å². The molecule has 66 valence electrons. The molecule has 1 N–H and O–H groups in total. The fourth-order valence-corrected chi connectivity index (χ4v) is 1.69. The van der Waals surface area contributed by atoms with E-state index in [0.29, 0.717) is 6.04 Å². The Hall–Kier alpha value is -0.0800. The zero-order valence-corrected chi connectivity index (χ0v) is 7.93. The SMILES string of the molecule is CCN1CC(C)CNC(C)C1. The predicted molar refractivity (Wildman–Crippen MR) is 48.7 cm³/mol. The van der Waals surface area contributed by atoms with Gasteiger partial charge >= 0.3 is 0 Å². The van der Waals surface area contributed by atoms with Crippen molar-refractivity contribution in [3.8, 4) is 0 Å². The lowest BCUT2D eigenvalue weighted by Gasteiger charge is -2.21. The largest absolute Gasteiger partial charge is 0.313 e. The van der Waals surface area contributed by atoms with Gasteiger partial charge in [0.1, 0.15) is 0 Å². The van der Waals surface area contributed by atoms with Gasteiger partial charge in [0.15, 0.2) is 0 Å². The van der Waals surface area contributed by atoms with Crippen molar-refractivity contribution in [3.05, 3.63) is 0 Å². The Morgan fingerprint density at radius 2 is 2.09 bits per heavy atom. The quantitative estimate of drug-likeness (QED) is 0.608. The van der Waals surface area contributed by atoms with Crippen molar-refractivity contribution < 1.29 is 0 Å². The van der Waals surface area contributed by atoms with E-state index >= 15 is 0 Å². The van der Waals surface area contributed by atoms with E-state index < -0.39 is 0 Å². The molecule has 1 aliphatic heterocycles. The average Bonchev–Trinajstić information content (AvgIpc) is 2.13. The minimum Gasteiger partial charge on any atom is -0.313 e. The first kappa shape index (κ1) is 9.01. The molecule has 1 aliphatic rings. The molecule has 0 radical (unpaired) electrons. The van der Waals surface area contributed by atoms with E-state index in [9.17, 15) is 0 Å². The first-order chi connectivity index (χ1) is 5.22. The summed E-state index contributed by atoms with van der Waals surface area (Å²) in [6, 6.07) is 0.667. The molecule has 1 fully saturated rings. The van der Waals surface area contributed by atoms with Gasteiger partial charge in [-0.1, -0.05) is 13.8 Å². The Morgan fingerprint density at radius 3 is 2.73 bits per heavy atom. The lowest BCUT2D eigenvalue weighted by molar-refractivity contribution is 0.265. The third kappa shape index (κ3) is 2.80. The molecule has 1 saturated heterocycles. The lowest BCUT2D eigenvalue weighted by atomic mass is 10.2. The highest BCUT2D eigenvalue weighted by Crippen LogP contribution is 2.04. The summed E-state index contributed by atoms with van der Waals surface area (Å²) in [5.41, 5.74) is 0. The van der Waals surface area contributed by atoms with E-state index in [1.54, 1.807) is 0 Å². The summed E-state index contributed by atoms with van der Waals surface area (Å²) in [7, 11) is 0. The van der Waals surface area contributed by atoms with Crippen LogP contribution in [0.4, 0.5) is 0 Å². The van der Waals surface area contributed by atoms with Crippen LogP contribution in [-0.2, 0) is 0 Å². The van der Waals surface area contributed by atoms with Crippen LogP contribution >= 0.6 is 0 Å². The minimum atomic E-state index is 0.667. The summed E-state index contributed by atoms with van der Waals surface area (Å²) in [4.78, 5) is 2.52. The fourth-order valence-electron chi connectivity index (χ4n) is 1.69. The maximum atomic E-state index is 3.52. The van der Waals surface area contributed by atoms with Gasteiger partial charge in [0, 0.05) is 19.1 Å². The molecule has 0 aromatic rings. The predicted octanol–water partition coefficient (Wildman–Crippen LogP) is 0.936. The van der Waals surface area contributed by atoms with Gasteiger partial charge in [-0.2, -0.15) is 0 Å². The number of nitrogens with zero attached hydrogens (tertiary/aromatic N) is 1. The van der Waals surface area contributed by atoms with Crippen molar-refractivity contribution in [2.75, 3.05) is 26.2 Å². The molecule has 2 atom stereocenters. The highest BCUT2D eigenvalue weighted by molar-refractivity contribution is 4.75. The molecular formula is C9H20N2. The Bertz CT molecular complexity index is 102. The lowest BCUT2D eigenvalue weighted by Crippen LogP contribution is -2.35. The van der Waals surface area contributed by atoms with Crippen LogP contribution in [-0.4, -0.2) is 37.1 Å². The second-order valence-electron chi connectivity index (χ2n) is 3.77. The fraction of sp³-hybridized carbons (Fsp3) is 1.00. The van der Waals surface area contributed by atoms with E-state index in [4.69, 9.17) is 0 Å². The Kier molecular flexibility index (Phi) is 3.34. The number of rotatable bonds is 1. The molecule has 2 unspecified atom stereocenters. The molecule has 0 spiro atoms. The molecule has 0 saturated carbocycles. The summed E-state index contributed by atoms with van der Waals surface area (Å²) in [5, 5.41) is 3.52. The van der Waals surface area contributed by atoms with Crippen LogP contribution in [0, 0.1) is 5.92 Å². The van der Waals surface area contributed by atoms with Crippen LogP contribution in [0.15, 0.2) is 0 Å². The van der Waals surface area contributed by atoms with Crippen LogP contribution < -0.4 is 5.32 Å². The Labute approximate surface area is 70.0 Å². The second kappa shape index (κ2) is 4.07. The van der Waals surface area contributed by atoms with Crippen molar-refractivity contribution >= 4 is 0 Å². The van der Waals surface area contributed by atoms with E-state index in [0.717, 1.165) is 5.92 Å². The normalized spacial score (nSPS) is 35.2. The van der Waals surface area contributed by atoms with Gasteiger partial charge in [-0.05, 0) is 25.9 Å². The molecule has 2 heteroatoms. The molecule has 2 nitrogen and oxygen atoms in total. The smallest absolute Gasteiger partial charge is 0.0166 e. The maximum Gasteiger partial charge on any atom is 0.0166 e. The van der Waals surface area contributed by atoms with Gasteiger partial charge < -0.3 is 10.2 Å². The van der Waals surface area contributed by atoms with Gasteiger partial charge in [0.25, 0.3) is 0 Å². The van der Waals surface area contributed by atoms with Gasteiger partial charge in [-0.3, -0.25) is 0 Å². The number of hydrogen-bond donors (Lipinski definition) is 1. The van der Waals surface area contributed by atoms with Crippen molar-refractivity contribution in [1.82, 2.24) is 10.2 Å². The zero-order chi connectivity index (χ0) is 8.27. The van der Waals surface area contributed by atoms with E-state index in [-0.39, 0.29) is 0 Å². The molecule has 0 aliphatic carbocycles. The number of likely N-dealkylation sites (N-methyl/N-ethyl adjacent to an activating group) is 1. The number of hydrogen-bond acceptors (Lipinski definition) is 2. The monoisotopic (exact) mass is 156 g/mol. The molecule has 0 aromatic carbocycles. The van der Waals surface area contributed by atoms with Gasteiger partial charge in [0.2, 0.25) is 0 Å². The first-order valence-electron chi connectivity index (χ1n) is 4.68. The molecule has 0 aromatic heterocycles. The van der Waals surface area contributed by atoms with Gasteiger partial charge in [-0.25, -0.2) is 0 Å². The third-order valence-corrected chi connectivity index (χ3v) is 2.36. The highest BCUT2D eigenvalue weighted by Gasteiger charge is 2.16. The van der Waals surface area contributed by atoms with E-state index in [1.807, 2.05) is 0 Å². The van der Waals surface area contributed by atoms with Crippen molar-refractivity contribution in [2.45, 2.75) is 26.8 Å². The first-order valence-corrected chi connectivity index (χ1v) is 4.68. The van der Waals surface area contributed by atoms with Crippen molar-refractivity contribution in [3.63, 3.8) is 0 Å². The Morgan fingerprint density at radius 1 is 1.36 bits per heavy atom. The molecule has 1 rings (SSSR count). The topological polar surface area (TPSA) is 15.3 Å². The third-order valence-electron chi connectivity index (χ3n) is 2.36. The zero-order valence-electron chi connectivity index (χ0n) is 7.93. The summed E-state index contributed by atoms with van der Waals surface area (Å²) in [5.74, 6) is 0.805. The van der Waals surface area contributed by atoms with Crippen LogP contribution in [0.1, 0.15) is 20.8 Å². The average molecular weight is 156 g/mol. The Balaban J connectivity index is 2.41. The van der Waals surface area contributed by atoms with Crippen LogP contribution in [0.3, 0.4) is 0 Å². The van der Waals surface area contributed by atoms with Crippen molar-refractivity contribution in [2.24, 2.45) is 5.92 Å². The molecule has 0 bridgehead atoms. The van der Waals surface area contributed by atoms with Crippen LogP contribution in [0.5, 0.6) is 0 Å². The number of nitrogens with one attached hydrogen (secondary N) is 1. The van der Waals surface area contributed by atoms with Gasteiger partial charge in [-0.15, -0.1) is 0 Å². The van der Waals surface area contributed by atoms with Crippen molar-refractivity contribution in [1.29, 1.82) is 0 Å². The van der Waals surface area contributed by atoms with Crippen LogP contribution in [0.25, 0.3) is 0 Å². The summed E-state index contributed by atoms with van der Waals surface area (Å²) in [6.07, 6.45) is 0. The maximum absolute atomic E-state index is 3.52. The molecule has 0 amide bonds. The summed E-state index contributed by atoms with van der Waals surface area (Å²) in [6.45, 7) is 11.7. The minimum absolute atomic E-state index is 0.667.